The number of ether oxygens (including phenoxy) is 1. The number of benzene rings is 2. The van der Waals surface area contributed by atoms with Gasteiger partial charge in [-0.25, -0.2) is 0 Å². The summed E-state index contributed by atoms with van der Waals surface area (Å²) in [5.74, 6) is 1.11. The molecule has 1 atom stereocenters. The molecule has 0 bridgehead atoms. The van der Waals surface area contributed by atoms with Gasteiger partial charge in [-0.05, 0) is 23.1 Å². The van der Waals surface area contributed by atoms with Gasteiger partial charge in [0.1, 0.15) is 5.75 Å². The van der Waals surface area contributed by atoms with Gasteiger partial charge in [0.05, 0.1) is 18.9 Å². The van der Waals surface area contributed by atoms with Crippen molar-refractivity contribution in [3.63, 3.8) is 0 Å². The molecule has 0 aliphatic carbocycles. The van der Waals surface area contributed by atoms with Gasteiger partial charge in [0.15, 0.2) is 0 Å². The van der Waals surface area contributed by atoms with Gasteiger partial charge >= 0.3 is 0 Å². The highest BCUT2D eigenvalue weighted by Gasteiger charge is 2.14. The molecule has 0 fully saturated rings. The molecule has 3 nitrogen and oxygen atoms in total. The summed E-state index contributed by atoms with van der Waals surface area (Å²) in [6.45, 7) is 4.33. The lowest BCUT2D eigenvalue weighted by molar-refractivity contribution is 0.179. The SMILES string of the molecule is COc1cccc(C(O)Cc2ccc(C(C)C)cc2)c1N. The summed E-state index contributed by atoms with van der Waals surface area (Å²) < 4.78 is 5.19. The molecule has 0 saturated carbocycles. The highest BCUT2D eigenvalue weighted by Crippen LogP contribution is 2.31. The number of rotatable bonds is 5. The van der Waals surface area contributed by atoms with Crippen LogP contribution in [0.5, 0.6) is 5.75 Å². The second kappa shape index (κ2) is 6.64. The Hall–Kier alpha value is -2.00. The molecule has 2 aromatic rings. The van der Waals surface area contributed by atoms with Gasteiger partial charge in [-0.3, -0.25) is 0 Å². The predicted molar refractivity (Wildman–Crippen MR) is 86.6 cm³/mol. The second-order valence-corrected chi connectivity index (χ2v) is 5.58. The van der Waals surface area contributed by atoms with E-state index in [1.165, 1.54) is 5.56 Å². The quantitative estimate of drug-likeness (QED) is 0.824. The van der Waals surface area contributed by atoms with Crippen LogP contribution in [0.3, 0.4) is 0 Å². The van der Waals surface area contributed by atoms with Crippen molar-refractivity contribution in [2.75, 3.05) is 12.8 Å². The summed E-state index contributed by atoms with van der Waals surface area (Å²) in [7, 11) is 1.58. The Balaban J connectivity index is 2.16. The summed E-state index contributed by atoms with van der Waals surface area (Å²) >= 11 is 0. The number of aliphatic hydroxyl groups excluding tert-OH is 1. The van der Waals surface area contributed by atoms with Gasteiger partial charge in [-0.1, -0.05) is 50.2 Å². The van der Waals surface area contributed by atoms with E-state index in [9.17, 15) is 5.11 Å². The molecule has 0 saturated heterocycles. The van der Waals surface area contributed by atoms with Crippen LogP contribution in [0.15, 0.2) is 42.5 Å². The van der Waals surface area contributed by atoms with Gasteiger partial charge in [0.25, 0.3) is 0 Å². The first-order valence-electron chi connectivity index (χ1n) is 7.22. The van der Waals surface area contributed by atoms with Gasteiger partial charge in [-0.2, -0.15) is 0 Å². The van der Waals surface area contributed by atoms with Crippen molar-refractivity contribution in [2.24, 2.45) is 0 Å². The molecular weight excluding hydrogens is 262 g/mol. The van der Waals surface area contributed by atoms with Crippen LogP contribution in [-0.2, 0) is 6.42 Å². The lowest BCUT2D eigenvalue weighted by Crippen LogP contribution is -2.06. The van der Waals surface area contributed by atoms with Gasteiger partial charge in [0, 0.05) is 12.0 Å². The maximum absolute atomic E-state index is 10.4. The lowest BCUT2D eigenvalue weighted by Gasteiger charge is -2.16. The zero-order valence-corrected chi connectivity index (χ0v) is 12.8. The maximum Gasteiger partial charge on any atom is 0.142 e. The van der Waals surface area contributed by atoms with Crippen LogP contribution in [0.1, 0.15) is 42.6 Å². The number of nitrogens with two attached hydrogens (primary N) is 1. The zero-order valence-electron chi connectivity index (χ0n) is 12.8. The maximum atomic E-state index is 10.4. The molecule has 0 spiro atoms. The minimum Gasteiger partial charge on any atom is -0.495 e. The number of hydrogen-bond acceptors (Lipinski definition) is 3. The first-order chi connectivity index (χ1) is 10.0. The Bertz CT molecular complexity index is 591. The Kier molecular flexibility index (Phi) is 4.86. The topological polar surface area (TPSA) is 55.5 Å². The number of nitrogen functional groups attached to an aromatic ring is 1. The summed E-state index contributed by atoms with van der Waals surface area (Å²) in [4.78, 5) is 0. The molecule has 2 rings (SSSR count). The van der Waals surface area contributed by atoms with Crippen LogP contribution < -0.4 is 10.5 Å². The van der Waals surface area contributed by atoms with Gasteiger partial charge < -0.3 is 15.6 Å². The minimum absolute atomic E-state index is 0.506. The van der Waals surface area contributed by atoms with E-state index in [-0.39, 0.29) is 0 Å². The number of para-hydroxylation sites is 1. The monoisotopic (exact) mass is 285 g/mol. The van der Waals surface area contributed by atoms with E-state index in [4.69, 9.17) is 10.5 Å². The Labute approximate surface area is 126 Å². The molecule has 2 aromatic carbocycles. The van der Waals surface area contributed by atoms with E-state index in [0.29, 0.717) is 29.3 Å². The number of aliphatic hydroxyl groups is 1. The molecule has 3 heteroatoms. The van der Waals surface area contributed by atoms with E-state index in [1.54, 1.807) is 13.2 Å². The molecule has 0 aliphatic heterocycles. The molecule has 21 heavy (non-hydrogen) atoms. The van der Waals surface area contributed by atoms with Crippen LogP contribution in [0.25, 0.3) is 0 Å². The van der Waals surface area contributed by atoms with Crippen LogP contribution in [0.4, 0.5) is 5.69 Å². The van der Waals surface area contributed by atoms with Crippen molar-refractivity contribution in [3.05, 3.63) is 59.2 Å². The average molecular weight is 285 g/mol. The number of hydrogen-bond donors (Lipinski definition) is 2. The standard InChI is InChI=1S/C18H23NO2/c1-12(2)14-9-7-13(8-10-14)11-16(20)15-5-4-6-17(21-3)18(15)19/h4-10,12,16,20H,11,19H2,1-3H3. The molecule has 0 heterocycles. The zero-order chi connectivity index (χ0) is 15.4. The van der Waals surface area contributed by atoms with Crippen molar-refractivity contribution >= 4 is 5.69 Å². The fourth-order valence-corrected chi connectivity index (χ4v) is 2.40. The Morgan fingerprint density at radius 3 is 2.33 bits per heavy atom. The molecule has 0 aromatic heterocycles. The third kappa shape index (κ3) is 3.56. The van der Waals surface area contributed by atoms with E-state index in [1.807, 2.05) is 12.1 Å². The van der Waals surface area contributed by atoms with E-state index >= 15 is 0 Å². The van der Waals surface area contributed by atoms with Crippen molar-refractivity contribution in [1.29, 1.82) is 0 Å². The van der Waals surface area contributed by atoms with Crippen molar-refractivity contribution < 1.29 is 9.84 Å². The van der Waals surface area contributed by atoms with Gasteiger partial charge in [-0.15, -0.1) is 0 Å². The molecule has 3 N–H and O–H groups in total. The summed E-state index contributed by atoms with van der Waals surface area (Å²) in [6, 6.07) is 13.8. The summed E-state index contributed by atoms with van der Waals surface area (Å²) in [5, 5.41) is 10.4. The van der Waals surface area contributed by atoms with Crippen molar-refractivity contribution in [1.82, 2.24) is 0 Å². The Morgan fingerprint density at radius 1 is 1.10 bits per heavy atom. The first-order valence-corrected chi connectivity index (χ1v) is 7.22. The minimum atomic E-state index is -0.634. The van der Waals surface area contributed by atoms with Gasteiger partial charge in [0.2, 0.25) is 0 Å². The van der Waals surface area contributed by atoms with Crippen LogP contribution >= 0.6 is 0 Å². The highest BCUT2D eigenvalue weighted by atomic mass is 16.5. The number of anilines is 1. The average Bonchev–Trinajstić information content (AvgIpc) is 2.48. The van der Waals surface area contributed by atoms with E-state index < -0.39 is 6.10 Å². The smallest absolute Gasteiger partial charge is 0.142 e. The largest absolute Gasteiger partial charge is 0.495 e. The molecule has 112 valence electrons. The molecule has 0 amide bonds. The fourth-order valence-electron chi connectivity index (χ4n) is 2.40. The summed E-state index contributed by atoms with van der Waals surface area (Å²) in [5.41, 5.74) is 9.64. The summed E-state index contributed by atoms with van der Waals surface area (Å²) in [6.07, 6.45) is -0.0968. The van der Waals surface area contributed by atoms with Crippen LogP contribution in [0, 0.1) is 0 Å². The predicted octanol–water partition coefficient (Wildman–Crippen LogP) is 3.68. The number of methoxy groups -OCH3 is 1. The highest BCUT2D eigenvalue weighted by molar-refractivity contribution is 5.59. The molecule has 0 radical (unpaired) electrons. The van der Waals surface area contributed by atoms with Crippen molar-refractivity contribution in [2.45, 2.75) is 32.3 Å². The fraction of sp³-hybridized carbons (Fsp3) is 0.333. The third-order valence-corrected chi connectivity index (χ3v) is 3.75. The third-order valence-electron chi connectivity index (χ3n) is 3.75. The van der Waals surface area contributed by atoms with Crippen LogP contribution in [-0.4, -0.2) is 12.2 Å². The normalized spacial score (nSPS) is 12.4. The Morgan fingerprint density at radius 2 is 1.76 bits per heavy atom. The van der Waals surface area contributed by atoms with E-state index in [0.717, 1.165) is 5.56 Å². The van der Waals surface area contributed by atoms with E-state index in [2.05, 4.69) is 38.1 Å². The molecule has 1 unspecified atom stereocenters. The lowest BCUT2D eigenvalue weighted by atomic mass is 9.97. The van der Waals surface area contributed by atoms with Crippen molar-refractivity contribution in [3.8, 4) is 5.75 Å². The second-order valence-electron chi connectivity index (χ2n) is 5.58. The first kappa shape index (κ1) is 15.4. The van der Waals surface area contributed by atoms with Crippen LogP contribution in [0.2, 0.25) is 0 Å². The molecular formula is C18H23NO2. The molecule has 0 aliphatic rings.